The van der Waals surface area contributed by atoms with Gasteiger partial charge in [0.15, 0.2) is 4.87 Å². The Bertz CT molecular complexity index is 1220. The molecule has 7 heteroatoms. The van der Waals surface area contributed by atoms with Crippen molar-refractivity contribution in [2.24, 2.45) is 0 Å². The maximum atomic E-state index is 14.0. The molecule has 2 aliphatic heterocycles. The molecule has 0 aliphatic carbocycles. The van der Waals surface area contributed by atoms with E-state index in [1.54, 1.807) is 15.9 Å². The van der Waals surface area contributed by atoms with Gasteiger partial charge in [-0.1, -0.05) is 71.8 Å². The van der Waals surface area contributed by atoms with Gasteiger partial charge in [-0.3, -0.25) is 9.69 Å². The fraction of sp³-hybridized carbons (Fsp3) is 0.231. The highest BCUT2D eigenvalue weighted by Gasteiger charge is 2.59. The summed E-state index contributed by atoms with van der Waals surface area (Å²) in [7, 11) is 0. The number of hydrogen-bond donors (Lipinski definition) is 1. The molecule has 168 valence electrons. The summed E-state index contributed by atoms with van der Waals surface area (Å²) in [4.78, 5) is 29.7. The van der Waals surface area contributed by atoms with Gasteiger partial charge in [0.25, 0.3) is 5.91 Å². The summed E-state index contributed by atoms with van der Waals surface area (Å²) < 4.78 is 0. The zero-order chi connectivity index (χ0) is 23.0. The van der Waals surface area contributed by atoms with Crippen LogP contribution in [0.2, 0.25) is 5.02 Å². The molecule has 3 amide bonds. The molecule has 0 aromatic heterocycles. The molecule has 0 bridgehead atoms. The fourth-order valence-electron chi connectivity index (χ4n) is 4.61. The molecule has 1 unspecified atom stereocenters. The van der Waals surface area contributed by atoms with Gasteiger partial charge in [0.1, 0.15) is 0 Å². The van der Waals surface area contributed by atoms with E-state index in [0.717, 1.165) is 27.9 Å². The Morgan fingerprint density at radius 1 is 1.06 bits per heavy atom. The van der Waals surface area contributed by atoms with Crippen molar-refractivity contribution in [3.8, 4) is 0 Å². The SMILES string of the molecule is Cc1cccc(CNC(=O)N2CCSC23C(=O)N(Cc2ccccc2)c2ccc(Cl)cc23)c1. The van der Waals surface area contributed by atoms with E-state index in [0.29, 0.717) is 30.4 Å². The van der Waals surface area contributed by atoms with E-state index in [9.17, 15) is 9.59 Å². The molecule has 2 heterocycles. The molecule has 0 saturated carbocycles. The Balaban J connectivity index is 1.47. The molecular formula is C26H24ClN3O2S. The third-order valence-corrected chi connectivity index (χ3v) is 7.76. The predicted molar refractivity (Wildman–Crippen MR) is 133 cm³/mol. The molecule has 1 spiro atoms. The average Bonchev–Trinajstić information content (AvgIpc) is 3.35. The largest absolute Gasteiger partial charge is 0.334 e. The van der Waals surface area contributed by atoms with Gasteiger partial charge in [-0.25, -0.2) is 4.79 Å². The maximum Gasteiger partial charge on any atom is 0.319 e. The van der Waals surface area contributed by atoms with Gasteiger partial charge in [-0.2, -0.15) is 0 Å². The lowest BCUT2D eigenvalue weighted by atomic mass is 10.1. The lowest BCUT2D eigenvalue weighted by Gasteiger charge is -2.33. The Labute approximate surface area is 202 Å². The Hall–Kier alpha value is -2.96. The number of halogens is 1. The molecule has 3 aromatic rings. The third-order valence-electron chi connectivity index (χ3n) is 6.11. The molecule has 2 aliphatic rings. The molecule has 1 saturated heterocycles. The van der Waals surface area contributed by atoms with Crippen LogP contribution in [0, 0.1) is 6.92 Å². The summed E-state index contributed by atoms with van der Waals surface area (Å²) in [5, 5.41) is 3.57. The first-order chi connectivity index (χ1) is 16.0. The number of fused-ring (bicyclic) bond motifs is 2. The first-order valence-electron chi connectivity index (χ1n) is 10.9. The normalized spacial score (nSPS) is 19.3. The minimum Gasteiger partial charge on any atom is -0.334 e. The van der Waals surface area contributed by atoms with Crippen molar-refractivity contribution in [3.05, 3.63) is 100 Å². The number of carbonyl (C=O) groups is 2. The smallest absolute Gasteiger partial charge is 0.319 e. The first kappa shape index (κ1) is 21.9. The fourth-order valence-corrected chi connectivity index (χ4v) is 6.23. The molecule has 0 radical (unpaired) electrons. The van der Waals surface area contributed by atoms with E-state index >= 15 is 0 Å². The minimum absolute atomic E-state index is 0.100. The van der Waals surface area contributed by atoms with Crippen LogP contribution in [0.1, 0.15) is 22.3 Å². The van der Waals surface area contributed by atoms with Crippen molar-refractivity contribution in [1.82, 2.24) is 10.2 Å². The molecule has 33 heavy (non-hydrogen) atoms. The number of carbonyl (C=O) groups excluding carboxylic acids is 2. The van der Waals surface area contributed by atoms with E-state index in [1.165, 1.54) is 11.8 Å². The summed E-state index contributed by atoms with van der Waals surface area (Å²) in [5.74, 6) is 0.575. The second-order valence-corrected chi connectivity index (χ2v) is 10.1. The first-order valence-corrected chi connectivity index (χ1v) is 12.3. The van der Waals surface area contributed by atoms with E-state index < -0.39 is 4.87 Å². The predicted octanol–water partition coefficient (Wildman–Crippen LogP) is 5.31. The monoisotopic (exact) mass is 477 g/mol. The van der Waals surface area contributed by atoms with Gasteiger partial charge in [0.05, 0.1) is 12.2 Å². The number of benzene rings is 3. The quantitative estimate of drug-likeness (QED) is 0.554. The second kappa shape index (κ2) is 8.76. The van der Waals surface area contributed by atoms with Gasteiger partial charge in [-0.15, -0.1) is 11.8 Å². The zero-order valence-electron chi connectivity index (χ0n) is 18.3. The lowest BCUT2D eigenvalue weighted by molar-refractivity contribution is -0.123. The van der Waals surface area contributed by atoms with Crippen molar-refractivity contribution in [1.29, 1.82) is 0 Å². The van der Waals surface area contributed by atoms with E-state index in [4.69, 9.17) is 11.6 Å². The van der Waals surface area contributed by atoms with Crippen LogP contribution in [0.25, 0.3) is 0 Å². The molecule has 1 N–H and O–H groups in total. The summed E-state index contributed by atoms with van der Waals surface area (Å²) in [5.41, 5.74) is 4.78. The van der Waals surface area contributed by atoms with Crippen LogP contribution in [-0.4, -0.2) is 29.1 Å². The summed E-state index contributed by atoms with van der Waals surface area (Å²) >= 11 is 7.87. The standard InChI is InChI=1S/C26H24ClN3O2S/c1-18-6-5-9-20(14-18)16-28-25(32)30-12-13-33-26(30)22-15-21(27)10-11-23(22)29(24(26)31)17-19-7-3-2-4-8-19/h2-11,14-15H,12-13,16-17H2,1H3,(H,28,32). The van der Waals surface area contributed by atoms with E-state index in [-0.39, 0.29) is 11.9 Å². The molecule has 1 fully saturated rings. The summed E-state index contributed by atoms with van der Waals surface area (Å²) in [6, 6.07) is 23.2. The van der Waals surface area contributed by atoms with Crippen molar-refractivity contribution < 1.29 is 9.59 Å². The topological polar surface area (TPSA) is 52.7 Å². The van der Waals surface area contributed by atoms with Crippen LogP contribution in [0.5, 0.6) is 0 Å². The molecular weight excluding hydrogens is 454 g/mol. The maximum absolute atomic E-state index is 14.0. The molecule has 5 nitrogen and oxygen atoms in total. The number of aryl methyl sites for hydroxylation is 1. The van der Waals surface area contributed by atoms with E-state index in [1.807, 2.05) is 73.7 Å². The van der Waals surface area contributed by atoms with Crippen LogP contribution in [0.3, 0.4) is 0 Å². The summed E-state index contributed by atoms with van der Waals surface area (Å²) in [6.45, 7) is 3.36. The number of hydrogen-bond acceptors (Lipinski definition) is 3. The number of anilines is 1. The van der Waals surface area contributed by atoms with Crippen molar-refractivity contribution >= 4 is 41.0 Å². The van der Waals surface area contributed by atoms with Gasteiger partial charge in [0, 0.05) is 29.4 Å². The van der Waals surface area contributed by atoms with Crippen molar-refractivity contribution in [2.75, 3.05) is 17.2 Å². The van der Waals surface area contributed by atoms with E-state index in [2.05, 4.69) is 5.32 Å². The summed E-state index contributed by atoms with van der Waals surface area (Å²) in [6.07, 6.45) is 0. The highest BCUT2D eigenvalue weighted by molar-refractivity contribution is 8.01. The Morgan fingerprint density at radius 3 is 2.64 bits per heavy atom. The Kier molecular flexibility index (Phi) is 5.81. The minimum atomic E-state index is -1.11. The number of nitrogens with one attached hydrogen (secondary N) is 1. The van der Waals surface area contributed by atoms with Crippen LogP contribution < -0.4 is 10.2 Å². The third kappa shape index (κ3) is 3.87. The molecule has 5 rings (SSSR count). The van der Waals surface area contributed by atoms with Crippen molar-refractivity contribution in [2.45, 2.75) is 24.9 Å². The van der Waals surface area contributed by atoms with Crippen LogP contribution >= 0.6 is 23.4 Å². The van der Waals surface area contributed by atoms with Gasteiger partial charge < -0.3 is 10.2 Å². The van der Waals surface area contributed by atoms with Crippen LogP contribution in [-0.2, 0) is 22.8 Å². The molecule has 3 aromatic carbocycles. The highest BCUT2D eigenvalue weighted by Crippen LogP contribution is 2.54. The highest BCUT2D eigenvalue weighted by atomic mass is 35.5. The van der Waals surface area contributed by atoms with Crippen molar-refractivity contribution in [3.63, 3.8) is 0 Å². The van der Waals surface area contributed by atoms with Crippen LogP contribution in [0.15, 0.2) is 72.8 Å². The number of nitrogens with zero attached hydrogens (tertiary/aromatic N) is 2. The number of rotatable bonds is 4. The second-order valence-electron chi connectivity index (χ2n) is 8.33. The van der Waals surface area contributed by atoms with Gasteiger partial charge in [0.2, 0.25) is 0 Å². The van der Waals surface area contributed by atoms with Gasteiger partial charge in [-0.05, 0) is 36.2 Å². The number of thioether (sulfide) groups is 1. The van der Waals surface area contributed by atoms with Gasteiger partial charge >= 0.3 is 6.03 Å². The average molecular weight is 478 g/mol. The van der Waals surface area contributed by atoms with Crippen LogP contribution in [0.4, 0.5) is 10.5 Å². The zero-order valence-corrected chi connectivity index (χ0v) is 19.8. The number of urea groups is 1. The number of amides is 3. The lowest BCUT2D eigenvalue weighted by Crippen LogP contribution is -2.53. The Morgan fingerprint density at radius 2 is 1.85 bits per heavy atom. The molecule has 1 atom stereocenters.